The number of pyridine rings is 1. The monoisotopic (exact) mass is 330 g/mol. The molecule has 2 N–H and O–H groups in total. The van der Waals surface area contributed by atoms with Crippen LogP contribution in [0.15, 0.2) is 24.4 Å². The van der Waals surface area contributed by atoms with Crippen LogP contribution in [-0.2, 0) is 11.3 Å². The van der Waals surface area contributed by atoms with Gasteiger partial charge >= 0.3 is 6.03 Å². The normalized spacial score (nSPS) is 15.3. The molecule has 0 radical (unpaired) electrons. The van der Waals surface area contributed by atoms with Crippen molar-refractivity contribution in [3.63, 3.8) is 0 Å². The van der Waals surface area contributed by atoms with Crippen LogP contribution in [0.25, 0.3) is 5.65 Å². The third kappa shape index (κ3) is 4.01. The highest BCUT2D eigenvalue weighted by Gasteiger charge is 2.16. The summed E-state index contributed by atoms with van der Waals surface area (Å²) in [5.41, 5.74) is 0.745. The average Bonchev–Trinajstić information content (AvgIpc) is 2.90. The number of likely N-dealkylation sites (tertiary alicyclic amines) is 1. The minimum atomic E-state index is -0.273. The summed E-state index contributed by atoms with van der Waals surface area (Å²) in [5, 5.41) is 13.6. The van der Waals surface area contributed by atoms with E-state index < -0.39 is 0 Å². The summed E-state index contributed by atoms with van der Waals surface area (Å²) in [6.45, 7) is 2.08. The first-order chi connectivity index (χ1) is 11.7. The van der Waals surface area contributed by atoms with E-state index in [1.54, 1.807) is 0 Å². The van der Waals surface area contributed by atoms with Crippen molar-refractivity contribution in [3.05, 3.63) is 30.2 Å². The molecule has 2 aromatic rings. The molecule has 0 bridgehead atoms. The Morgan fingerprint density at radius 1 is 1.17 bits per heavy atom. The average molecular weight is 330 g/mol. The Balaban J connectivity index is 1.42. The highest BCUT2D eigenvalue weighted by atomic mass is 16.2. The highest BCUT2D eigenvalue weighted by Crippen LogP contribution is 2.10. The molecule has 0 aromatic carbocycles. The van der Waals surface area contributed by atoms with Gasteiger partial charge in [0.2, 0.25) is 5.91 Å². The number of nitrogens with one attached hydrogen (secondary N) is 2. The number of aromatic nitrogens is 3. The van der Waals surface area contributed by atoms with Crippen molar-refractivity contribution in [2.24, 2.45) is 0 Å². The molecule has 2 aromatic heterocycles. The maximum Gasteiger partial charge on any atom is 0.315 e. The van der Waals surface area contributed by atoms with Gasteiger partial charge in [0.05, 0.1) is 6.54 Å². The second-order valence-corrected chi connectivity index (χ2v) is 5.85. The number of rotatable bonds is 5. The maximum atomic E-state index is 11.9. The lowest BCUT2D eigenvalue weighted by Crippen LogP contribution is -2.42. The summed E-state index contributed by atoms with van der Waals surface area (Å²) in [6, 6.07) is 5.36. The van der Waals surface area contributed by atoms with Crippen LogP contribution < -0.4 is 10.6 Å². The third-order valence-corrected chi connectivity index (χ3v) is 4.13. The van der Waals surface area contributed by atoms with Crippen LogP contribution in [0.3, 0.4) is 0 Å². The molecular formula is C16H22N6O2. The van der Waals surface area contributed by atoms with Gasteiger partial charge in [0, 0.05) is 32.3 Å². The number of carbonyl (C=O) groups is 2. The molecule has 1 fully saturated rings. The van der Waals surface area contributed by atoms with Crippen molar-refractivity contribution in [2.45, 2.75) is 32.2 Å². The van der Waals surface area contributed by atoms with Gasteiger partial charge in [-0.15, -0.1) is 10.2 Å². The molecule has 0 unspecified atom stereocenters. The number of nitrogens with zero attached hydrogens (tertiary/aromatic N) is 4. The van der Waals surface area contributed by atoms with Gasteiger partial charge < -0.3 is 15.5 Å². The van der Waals surface area contributed by atoms with E-state index in [1.807, 2.05) is 33.7 Å². The lowest BCUT2D eigenvalue weighted by Gasteiger charge is -2.20. The number of hydrogen-bond donors (Lipinski definition) is 2. The zero-order valence-electron chi connectivity index (χ0n) is 13.6. The molecule has 128 valence electrons. The van der Waals surface area contributed by atoms with E-state index in [0.29, 0.717) is 31.9 Å². The first kappa shape index (κ1) is 16.2. The van der Waals surface area contributed by atoms with Gasteiger partial charge in [0.1, 0.15) is 0 Å². The van der Waals surface area contributed by atoms with Gasteiger partial charge in [-0.1, -0.05) is 12.5 Å². The second-order valence-electron chi connectivity index (χ2n) is 5.85. The maximum absolute atomic E-state index is 11.9. The molecule has 0 spiro atoms. The number of amides is 3. The lowest BCUT2D eigenvalue weighted by atomic mass is 10.2. The minimum absolute atomic E-state index is 0.185. The van der Waals surface area contributed by atoms with Gasteiger partial charge in [0.25, 0.3) is 0 Å². The molecule has 8 nitrogen and oxygen atoms in total. The van der Waals surface area contributed by atoms with Crippen molar-refractivity contribution >= 4 is 17.6 Å². The molecule has 3 rings (SSSR count). The Morgan fingerprint density at radius 2 is 2.08 bits per heavy atom. The molecule has 24 heavy (non-hydrogen) atoms. The molecule has 0 aliphatic carbocycles. The molecule has 1 aliphatic rings. The predicted octanol–water partition coefficient (Wildman–Crippen LogP) is 0.931. The van der Waals surface area contributed by atoms with E-state index in [4.69, 9.17) is 0 Å². The Kier molecular flexibility index (Phi) is 5.25. The van der Waals surface area contributed by atoms with Crippen LogP contribution in [0.2, 0.25) is 0 Å². The number of hydrogen-bond acceptors (Lipinski definition) is 4. The van der Waals surface area contributed by atoms with Gasteiger partial charge in [-0.3, -0.25) is 9.20 Å². The quantitative estimate of drug-likeness (QED) is 0.853. The first-order valence-corrected chi connectivity index (χ1v) is 8.32. The van der Waals surface area contributed by atoms with Crippen LogP contribution in [0.1, 0.15) is 31.5 Å². The minimum Gasteiger partial charge on any atom is -0.341 e. The van der Waals surface area contributed by atoms with Crippen LogP contribution in [0, 0.1) is 0 Å². The molecule has 1 saturated heterocycles. The SMILES string of the molecule is O=C(NCCN1CCCCCC1=O)NCc1nnc2ccccn12. The number of carbonyl (C=O) groups excluding carboxylic acids is 2. The second kappa shape index (κ2) is 7.76. The van der Waals surface area contributed by atoms with Crippen LogP contribution in [-0.4, -0.2) is 51.1 Å². The zero-order chi connectivity index (χ0) is 16.8. The largest absolute Gasteiger partial charge is 0.341 e. The van der Waals surface area contributed by atoms with E-state index in [0.717, 1.165) is 31.5 Å². The van der Waals surface area contributed by atoms with E-state index >= 15 is 0 Å². The van der Waals surface area contributed by atoms with Crippen molar-refractivity contribution in [2.75, 3.05) is 19.6 Å². The lowest BCUT2D eigenvalue weighted by molar-refractivity contribution is -0.130. The van der Waals surface area contributed by atoms with Gasteiger partial charge in [-0.2, -0.15) is 0 Å². The zero-order valence-corrected chi connectivity index (χ0v) is 13.6. The number of urea groups is 1. The molecular weight excluding hydrogens is 308 g/mol. The molecule has 3 amide bonds. The topological polar surface area (TPSA) is 91.6 Å². The Hall–Kier alpha value is -2.64. The third-order valence-electron chi connectivity index (χ3n) is 4.13. The van der Waals surface area contributed by atoms with Crippen molar-refractivity contribution < 1.29 is 9.59 Å². The molecule has 1 aliphatic heterocycles. The summed E-state index contributed by atoms with van der Waals surface area (Å²) < 4.78 is 1.83. The van der Waals surface area contributed by atoms with Crippen LogP contribution in [0.5, 0.6) is 0 Å². The van der Waals surface area contributed by atoms with E-state index in [1.165, 1.54) is 0 Å². The Labute approximate surface area is 140 Å². The fourth-order valence-corrected chi connectivity index (χ4v) is 2.81. The van der Waals surface area contributed by atoms with Crippen molar-refractivity contribution in [1.29, 1.82) is 0 Å². The number of fused-ring (bicyclic) bond motifs is 1. The molecule has 3 heterocycles. The molecule has 8 heteroatoms. The van der Waals surface area contributed by atoms with E-state index in [2.05, 4.69) is 20.8 Å². The van der Waals surface area contributed by atoms with Crippen LogP contribution in [0.4, 0.5) is 4.79 Å². The molecule has 0 saturated carbocycles. The van der Waals surface area contributed by atoms with Crippen molar-refractivity contribution in [1.82, 2.24) is 30.1 Å². The van der Waals surface area contributed by atoms with Gasteiger partial charge in [-0.25, -0.2) is 4.79 Å². The van der Waals surface area contributed by atoms with Crippen molar-refractivity contribution in [3.8, 4) is 0 Å². The fourth-order valence-electron chi connectivity index (χ4n) is 2.81. The first-order valence-electron chi connectivity index (χ1n) is 8.32. The summed E-state index contributed by atoms with van der Waals surface area (Å²) in [6.07, 6.45) is 5.58. The van der Waals surface area contributed by atoms with Crippen LogP contribution >= 0.6 is 0 Å². The summed E-state index contributed by atoms with van der Waals surface area (Å²) in [5.74, 6) is 0.855. The van der Waals surface area contributed by atoms with Gasteiger partial charge in [0.15, 0.2) is 11.5 Å². The highest BCUT2D eigenvalue weighted by molar-refractivity contribution is 5.76. The smallest absolute Gasteiger partial charge is 0.315 e. The fraction of sp³-hybridized carbons (Fsp3) is 0.500. The summed E-state index contributed by atoms with van der Waals surface area (Å²) >= 11 is 0. The Bertz CT molecular complexity index is 713. The standard InChI is InChI=1S/C16H22N6O2/c23-15-7-2-1-4-9-21(15)11-8-17-16(24)18-12-14-20-19-13-6-3-5-10-22(13)14/h3,5-6,10H,1-2,4,7-9,11-12H2,(H2,17,18,24). The summed E-state index contributed by atoms with van der Waals surface area (Å²) in [4.78, 5) is 25.6. The molecule has 0 atom stereocenters. The predicted molar refractivity (Wildman–Crippen MR) is 88.3 cm³/mol. The summed E-state index contributed by atoms with van der Waals surface area (Å²) in [7, 11) is 0. The Morgan fingerprint density at radius 3 is 3.00 bits per heavy atom. The van der Waals surface area contributed by atoms with E-state index in [9.17, 15) is 9.59 Å². The van der Waals surface area contributed by atoms with Gasteiger partial charge in [-0.05, 0) is 25.0 Å². The van der Waals surface area contributed by atoms with E-state index in [-0.39, 0.29) is 11.9 Å².